The largest absolute Gasteiger partial charge is 1.00 e. The van der Waals surface area contributed by atoms with Crippen LogP contribution in [-0.2, 0) is 4.79 Å². The Hall–Kier alpha value is -2.02. The van der Waals surface area contributed by atoms with E-state index in [2.05, 4.69) is 91.0 Å². The van der Waals surface area contributed by atoms with Crippen LogP contribution in [0.1, 0.15) is 0 Å². The minimum Gasteiger partial charge on any atom is -1.00 e. The summed E-state index contributed by atoms with van der Waals surface area (Å²) in [5.41, 5.74) is 0. The number of aldehydes is 1. The van der Waals surface area contributed by atoms with Crippen molar-refractivity contribution in [2.24, 2.45) is 0 Å². The van der Waals surface area contributed by atoms with E-state index in [0.29, 0.717) is 0 Å². The molecule has 3 heteroatoms. The van der Waals surface area contributed by atoms with Crippen LogP contribution < -0.4 is 32.9 Å². The normalized spacial score (nSPS) is 11.0. The summed E-state index contributed by atoms with van der Waals surface area (Å²) < 4.78 is 0. The summed E-state index contributed by atoms with van der Waals surface area (Å²) in [6.45, 7) is 0. The molecule has 25 heavy (non-hydrogen) atoms. The van der Waals surface area contributed by atoms with Gasteiger partial charge in [0, 0.05) is 0 Å². The standard InChI is InChI=1S/C22H20OP.BrH/c23-18-10-11-19-24(20-12-4-1-5-13-20,21-14-6-2-7-15-21)22-16-8-3-9-17-22;/h1-18H,19H2;1H/q+1;/p-1/b11-10+;. The van der Waals surface area contributed by atoms with Gasteiger partial charge in [0.1, 0.15) is 29.5 Å². The molecule has 0 heterocycles. The van der Waals surface area contributed by atoms with Crippen LogP contribution in [-0.4, -0.2) is 12.4 Å². The zero-order valence-electron chi connectivity index (χ0n) is 13.8. The van der Waals surface area contributed by atoms with Crippen molar-refractivity contribution in [1.29, 1.82) is 0 Å². The van der Waals surface area contributed by atoms with Gasteiger partial charge in [-0.25, -0.2) is 0 Å². The molecular weight excluding hydrogens is 391 g/mol. The molecule has 0 spiro atoms. The maximum absolute atomic E-state index is 10.8. The van der Waals surface area contributed by atoms with Crippen molar-refractivity contribution in [3.8, 4) is 0 Å². The summed E-state index contributed by atoms with van der Waals surface area (Å²) >= 11 is 0. The SMILES string of the molecule is O=C/C=C/C[P+](c1ccccc1)(c1ccccc1)c1ccccc1.[Br-]. The third-order valence-corrected chi connectivity index (χ3v) is 8.48. The van der Waals surface area contributed by atoms with E-state index in [1.54, 1.807) is 6.08 Å². The fourth-order valence-corrected chi connectivity index (χ4v) is 7.09. The van der Waals surface area contributed by atoms with Crippen LogP contribution >= 0.6 is 7.26 Å². The second-order valence-corrected chi connectivity index (χ2v) is 9.10. The summed E-state index contributed by atoms with van der Waals surface area (Å²) in [5, 5.41) is 3.99. The van der Waals surface area contributed by atoms with Gasteiger partial charge in [-0.3, -0.25) is 4.79 Å². The zero-order chi connectivity index (χ0) is 16.7. The molecule has 3 rings (SSSR count). The van der Waals surface area contributed by atoms with Gasteiger partial charge in [-0.1, -0.05) is 54.6 Å². The Labute approximate surface area is 160 Å². The Bertz CT molecular complexity index is 705. The van der Waals surface area contributed by atoms with Gasteiger partial charge in [-0.15, -0.1) is 0 Å². The number of benzene rings is 3. The van der Waals surface area contributed by atoms with Crippen molar-refractivity contribution in [2.45, 2.75) is 0 Å². The van der Waals surface area contributed by atoms with Crippen LogP contribution in [0.5, 0.6) is 0 Å². The van der Waals surface area contributed by atoms with Gasteiger partial charge in [0.2, 0.25) is 0 Å². The van der Waals surface area contributed by atoms with Crippen molar-refractivity contribution in [1.82, 2.24) is 0 Å². The first-order valence-electron chi connectivity index (χ1n) is 8.03. The van der Waals surface area contributed by atoms with Crippen LogP contribution in [0, 0.1) is 0 Å². The summed E-state index contributed by atoms with van der Waals surface area (Å²) in [5.74, 6) is 0. The molecule has 126 valence electrons. The van der Waals surface area contributed by atoms with E-state index in [1.807, 2.05) is 6.08 Å². The van der Waals surface area contributed by atoms with Crippen molar-refractivity contribution in [2.75, 3.05) is 6.16 Å². The Balaban J connectivity index is 0.00000225. The van der Waals surface area contributed by atoms with E-state index >= 15 is 0 Å². The fraction of sp³-hybridized carbons (Fsp3) is 0.0455. The molecule has 1 nitrogen and oxygen atoms in total. The maximum atomic E-state index is 10.8. The third kappa shape index (κ3) is 4.15. The summed E-state index contributed by atoms with van der Waals surface area (Å²) in [4.78, 5) is 10.8. The minimum absolute atomic E-state index is 0. The molecule has 0 aliphatic heterocycles. The highest BCUT2D eigenvalue weighted by molar-refractivity contribution is 7.95. The van der Waals surface area contributed by atoms with Gasteiger partial charge in [0.25, 0.3) is 0 Å². The van der Waals surface area contributed by atoms with E-state index in [-0.39, 0.29) is 17.0 Å². The Kier molecular flexibility index (Phi) is 7.31. The van der Waals surface area contributed by atoms with Gasteiger partial charge >= 0.3 is 0 Å². The predicted octanol–water partition coefficient (Wildman–Crippen LogP) is 0.740. The van der Waals surface area contributed by atoms with Gasteiger partial charge < -0.3 is 17.0 Å². The van der Waals surface area contributed by atoms with Crippen LogP contribution in [0.3, 0.4) is 0 Å². The van der Waals surface area contributed by atoms with Crippen molar-refractivity contribution in [3.05, 3.63) is 103 Å². The van der Waals surface area contributed by atoms with Crippen LogP contribution in [0.25, 0.3) is 0 Å². The lowest BCUT2D eigenvalue weighted by atomic mass is 10.4. The predicted molar refractivity (Wildman–Crippen MR) is 105 cm³/mol. The molecule has 0 amide bonds. The molecule has 0 saturated heterocycles. The molecular formula is C22H20BrOP. The lowest BCUT2D eigenvalue weighted by molar-refractivity contribution is -0.104. The lowest BCUT2D eigenvalue weighted by Gasteiger charge is -2.26. The van der Waals surface area contributed by atoms with E-state index in [1.165, 1.54) is 15.9 Å². The molecule has 0 aliphatic carbocycles. The molecule has 0 atom stereocenters. The number of hydrogen-bond acceptors (Lipinski definition) is 1. The fourth-order valence-electron chi connectivity index (χ4n) is 3.09. The molecule has 0 unspecified atom stereocenters. The van der Waals surface area contributed by atoms with Crippen LogP contribution in [0.15, 0.2) is 103 Å². The van der Waals surface area contributed by atoms with Crippen molar-refractivity contribution in [3.63, 3.8) is 0 Å². The highest BCUT2D eigenvalue weighted by Gasteiger charge is 2.43. The summed E-state index contributed by atoms with van der Waals surface area (Å²) in [6.07, 6.45) is 5.32. The molecule has 3 aromatic carbocycles. The Morgan fingerprint density at radius 3 is 1.32 bits per heavy atom. The van der Waals surface area contributed by atoms with Gasteiger partial charge in [-0.05, 0) is 48.6 Å². The maximum Gasteiger partial charge on any atom is 0.142 e. The van der Waals surface area contributed by atoms with Gasteiger partial charge in [0.15, 0.2) is 0 Å². The summed E-state index contributed by atoms with van der Waals surface area (Å²) in [6, 6.07) is 32.0. The quantitative estimate of drug-likeness (QED) is 0.332. The van der Waals surface area contributed by atoms with E-state index in [0.717, 1.165) is 12.4 Å². The molecule has 0 aromatic heterocycles. The van der Waals surface area contributed by atoms with Crippen molar-refractivity contribution >= 4 is 29.5 Å². The van der Waals surface area contributed by atoms with Gasteiger partial charge in [-0.2, -0.15) is 0 Å². The van der Waals surface area contributed by atoms with E-state index in [9.17, 15) is 4.79 Å². The smallest absolute Gasteiger partial charge is 0.142 e. The Morgan fingerprint density at radius 2 is 1.00 bits per heavy atom. The number of halogens is 1. The number of rotatable bonds is 6. The first kappa shape index (κ1) is 19.3. The second-order valence-electron chi connectivity index (χ2n) is 5.56. The number of allylic oxidation sites excluding steroid dienone is 2. The molecule has 3 aromatic rings. The average Bonchev–Trinajstić information content (AvgIpc) is 2.68. The molecule has 0 N–H and O–H groups in total. The monoisotopic (exact) mass is 410 g/mol. The number of carbonyl (C=O) groups excluding carboxylic acids is 1. The molecule has 0 radical (unpaired) electrons. The number of carbonyl (C=O) groups is 1. The van der Waals surface area contributed by atoms with Crippen LogP contribution in [0.2, 0.25) is 0 Å². The average molecular weight is 411 g/mol. The second kappa shape index (κ2) is 9.46. The lowest BCUT2D eigenvalue weighted by Crippen LogP contribution is -3.00. The molecule has 0 aliphatic rings. The van der Waals surface area contributed by atoms with E-state index < -0.39 is 7.26 Å². The topological polar surface area (TPSA) is 17.1 Å². The minimum atomic E-state index is -1.83. The first-order chi connectivity index (χ1) is 11.9. The highest BCUT2D eigenvalue weighted by atomic mass is 79.9. The number of hydrogen-bond donors (Lipinski definition) is 0. The highest BCUT2D eigenvalue weighted by Crippen LogP contribution is 2.55. The van der Waals surface area contributed by atoms with E-state index in [4.69, 9.17) is 0 Å². The molecule has 0 saturated carbocycles. The first-order valence-corrected chi connectivity index (χ1v) is 10.0. The molecule has 0 bridgehead atoms. The zero-order valence-corrected chi connectivity index (χ0v) is 16.3. The third-order valence-electron chi connectivity index (χ3n) is 4.18. The summed E-state index contributed by atoms with van der Waals surface area (Å²) in [7, 11) is -1.83. The molecule has 0 fully saturated rings. The Morgan fingerprint density at radius 1 is 0.640 bits per heavy atom. The van der Waals surface area contributed by atoms with Crippen LogP contribution in [0.4, 0.5) is 0 Å². The van der Waals surface area contributed by atoms with Gasteiger partial charge in [0.05, 0.1) is 6.16 Å². The van der Waals surface area contributed by atoms with Crippen molar-refractivity contribution < 1.29 is 21.8 Å².